The molecule has 6 heteroatoms. The molecule has 0 radical (unpaired) electrons. The van der Waals surface area contributed by atoms with Crippen LogP contribution in [-0.4, -0.2) is 11.8 Å². The van der Waals surface area contributed by atoms with Crippen LogP contribution >= 0.6 is 23.2 Å². The third-order valence-corrected chi connectivity index (χ3v) is 3.43. The van der Waals surface area contributed by atoms with Crippen molar-refractivity contribution in [2.45, 2.75) is 6.92 Å². The SMILES string of the molecule is Cc1ccc(NC(=O)C(=O)Nc2ccc(Cl)c(Cl)c2)cc1. The molecule has 0 aliphatic carbocycles. The highest BCUT2D eigenvalue weighted by molar-refractivity contribution is 6.44. The van der Waals surface area contributed by atoms with Crippen molar-refractivity contribution in [2.75, 3.05) is 10.6 Å². The summed E-state index contributed by atoms with van der Waals surface area (Å²) >= 11 is 11.6. The van der Waals surface area contributed by atoms with Crippen molar-refractivity contribution < 1.29 is 9.59 Å². The summed E-state index contributed by atoms with van der Waals surface area (Å²) in [5, 5.41) is 5.63. The van der Waals surface area contributed by atoms with E-state index < -0.39 is 11.8 Å². The molecule has 4 nitrogen and oxygen atoms in total. The fourth-order valence-electron chi connectivity index (χ4n) is 1.59. The normalized spacial score (nSPS) is 10.0. The average Bonchev–Trinajstić information content (AvgIpc) is 2.45. The Morgan fingerprint density at radius 2 is 1.33 bits per heavy atom. The summed E-state index contributed by atoms with van der Waals surface area (Å²) in [7, 11) is 0. The Kier molecular flexibility index (Phi) is 4.83. The number of halogens is 2. The molecule has 0 heterocycles. The van der Waals surface area contributed by atoms with Gasteiger partial charge in [0.2, 0.25) is 0 Å². The fourth-order valence-corrected chi connectivity index (χ4v) is 1.88. The predicted octanol–water partition coefficient (Wildman–Crippen LogP) is 3.88. The number of nitrogens with one attached hydrogen (secondary N) is 2. The molecule has 2 aromatic rings. The second-order valence-corrected chi connectivity index (χ2v) is 5.22. The van der Waals surface area contributed by atoms with E-state index in [0.29, 0.717) is 21.4 Å². The number of rotatable bonds is 2. The highest BCUT2D eigenvalue weighted by Gasteiger charge is 2.14. The van der Waals surface area contributed by atoms with E-state index in [1.807, 2.05) is 19.1 Å². The van der Waals surface area contributed by atoms with Gasteiger partial charge in [-0.25, -0.2) is 0 Å². The number of aryl methyl sites for hydroxylation is 1. The van der Waals surface area contributed by atoms with Crippen LogP contribution in [-0.2, 0) is 9.59 Å². The molecular weight excluding hydrogens is 311 g/mol. The zero-order valence-corrected chi connectivity index (χ0v) is 12.6. The molecule has 0 aliphatic rings. The lowest BCUT2D eigenvalue weighted by Gasteiger charge is -2.07. The Morgan fingerprint density at radius 3 is 1.90 bits per heavy atom. The molecule has 2 rings (SSSR count). The molecule has 0 fully saturated rings. The first-order chi connectivity index (χ1) is 9.95. The van der Waals surface area contributed by atoms with E-state index in [-0.39, 0.29) is 0 Å². The molecular formula is C15H12Cl2N2O2. The van der Waals surface area contributed by atoms with Gasteiger partial charge in [-0.05, 0) is 37.3 Å². The fraction of sp³-hybridized carbons (Fsp3) is 0.0667. The highest BCUT2D eigenvalue weighted by atomic mass is 35.5. The van der Waals surface area contributed by atoms with Crippen LogP contribution in [0.25, 0.3) is 0 Å². The smallest absolute Gasteiger partial charge is 0.314 e. The Labute approximate surface area is 132 Å². The van der Waals surface area contributed by atoms with Crippen molar-refractivity contribution in [1.82, 2.24) is 0 Å². The second-order valence-electron chi connectivity index (χ2n) is 4.40. The van der Waals surface area contributed by atoms with Gasteiger partial charge >= 0.3 is 11.8 Å². The van der Waals surface area contributed by atoms with Gasteiger partial charge in [0.1, 0.15) is 0 Å². The number of benzene rings is 2. The second kappa shape index (κ2) is 6.61. The van der Waals surface area contributed by atoms with E-state index in [4.69, 9.17) is 23.2 Å². The molecule has 0 bridgehead atoms. The van der Waals surface area contributed by atoms with E-state index >= 15 is 0 Å². The summed E-state index contributed by atoms with van der Waals surface area (Å²) in [6.45, 7) is 1.93. The Hall–Kier alpha value is -2.04. The largest absolute Gasteiger partial charge is 0.318 e. The number of carbonyl (C=O) groups excluding carboxylic acids is 2. The summed E-state index contributed by atoms with van der Waals surface area (Å²) in [5.74, 6) is -1.54. The molecule has 0 atom stereocenters. The maximum absolute atomic E-state index is 11.8. The Balaban J connectivity index is 2.00. The first kappa shape index (κ1) is 15.4. The van der Waals surface area contributed by atoms with Crippen molar-refractivity contribution in [1.29, 1.82) is 0 Å². The van der Waals surface area contributed by atoms with Crippen LogP contribution in [0.1, 0.15) is 5.56 Å². The lowest BCUT2D eigenvalue weighted by Crippen LogP contribution is -2.29. The molecule has 0 aliphatic heterocycles. The summed E-state index contributed by atoms with van der Waals surface area (Å²) in [6, 6.07) is 11.7. The van der Waals surface area contributed by atoms with E-state index in [1.165, 1.54) is 12.1 Å². The number of amides is 2. The van der Waals surface area contributed by atoms with Crippen molar-refractivity contribution in [3.8, 4) is 0 Å². The van der Waals surface area contributed by atoms with Gasteiger partial charge in [-0.2, -0.15) is 0 Å². The Morgan fingerprint density at radius 1 is 0.810 bits per heavy atom. The zero-order valence-electron chi connectivity index (χ0n) is 11.1. The van der Waals surface area contributed by atoms with E-state index in [0.717, 1.165) is 5.56 Å². The molecule has 0 saturated carbocycles. The quantitative estimate of drug-likeness (QED) is 0.824. The van der Waals surface area contributed by atoms with Gasteiger partial charge in [0.25, 0.3) is 0 Å². The number of carbonyl (C=O) groups is 2. The molecule has 21 heavy (non-hydrogen) atoms. The van der Waals surface area contributed by atoms with Crippen molar-refractivity contribution >= 4 is 46.4 Å². The van der Waals surface area contributed by atoms with Gasteiger partial charge < -0.3 is 10.6 Å². The number of hydrogen-bond acceptors (Lipinski definition) is 2. The van der Waals surface area contributed by atoms with Gasteiger partial charge in [0.05, 0.1) is 10.0 Å². The van der Waals surface area contributed by atoms with Gasteiger partial charge in [0.15, 0.2) is 0 Å². The molecule has 0 saturated heterocycles. The standard InChI is InChI=1S/C15H12Cl2N2O2/c1-9-2-4-10(5-3-9)18-14(20)15(21)19-11-6-7-12(16)13(17)8-11/h2-8H,1H3,(H,18,20)(H,19,21). The summed E-state index contributed by atoms with van der Waals surface area (Å²) in [6.07, 6.45) is 0. The summed E-state index contributed by atoms with van der Waals surface area (Å²) < 4.78 is 0. The molecule has 0 aromatic heterocycles. The molecule has 2 aromatic carbocycles. The molecule has 108 valence electrons. The minimum absolute atomic E-state index is 0.299. The van der Waals surface area contributed by atoms with Crippen molar-refractivity contribution in [3.05, 3.63) is 58.1 Å². The van der Waals surface area contributed by atoms with Crippen LogP contribution < -0.4 is 10.6 Å². The lowest BCUT2D eigenvalue weighted by atomic mass is 10.2. The van der Waals surface area contributed by atoms with Gasteiger partial charge in [-0.1, -0.05) is 40.9 Å². The minimum Gasteiger partial charge on any atom is -0.318 e. The van der Waals surface area contributed by atoms with E-state index in [2.05, 4.69) is 10.6 Å². The van der Waals surface area contributed by atoms with E-state index in [1.54, 1.807) is 18.2 Å². The van der Waals surface area contributed by atoms with Gasteiger partial charge in [-0.3, -0.25) is 9.59 Å². The third kappa shape index (κ3) is 4.21. The van der Waals surface area contributed by atoms with Crippen LogP contribution in [0.5, 0.6) is 0 Å². The van der Waals surface area contributed by atoms with Gasteiger partial charge in [-0.15, -0.1) is 0 Å². The van der Waals surface area contributed by atoms with Crippen molar-refractivity contribution in [2.24, 2.45) is 0 Å². The monoisotopic (exact) mass is 322 g/mol. The summed E-state index contributed by atoms with van der Waals surface area (Å²) in [5.41, 5.74) is 2.01. The number of hydrogen-bond donors (Lipinski definition) is 2. The molecule has 2 amide bonds. The topological polar surface area (TPSA) is 58.2 Å². The van der Waals surface area contributed by atoms with Crippen molar-refractivity contribution in [3.63, 3.8) is 0 Å². The highest BCUT2D eigenvalue weighted by Crippen LogP contribution is 2.24. The average molecular weight is 323 g/mol. The minimum atomic E-state index is -0.783. The number of anilines is 2. The maximum Gasteiger partial charge on any atom is 0.314 e. The van der Waals surface area contributed by atoms with Crippen LogP contribution in [0.15, 0.2) is 42.5 Å². The molecule has 0 spiro atoms. The summed E-state index contributed by atoms with van der Waals surface area (Å²) in [4.78, 5) is 23.6. The van der Waals surface area contributed by atoms with Crippen LogP contribution in [0.4, 0.5) is 11.4 Å². The first-order valence-electron chi connectivity index (χ1n) is 6.10. The first-order valence-corrected chi connectivity index (χ1v) is 6.85. The Bertz CT molecular complexity index is 685. The van der Waals surface area contributed by atoms with Gasteiger partial charge in [0, 0.05) is 11.4 Å². The third-order valence-electron chi connectivity index (χ3n) is 2.69. The van der Waals surface area contributed by atoms with Crippen LogP contribution in [0, 0.1) is 6.92 Å². The predicted molar refractivity (Wildman–Crippen MR) is 84.9 cm³/mol. The van der Waals surface area contributed by atoms with Crippen LogP contribution in [0.2, 0.25) is 10.0 Å². The van der Waals surface area contributed by atoms with Crippen LogP contribution in [0.3, 0.4) is 0 Å². The molecule has 2 N–H and O–H groups in total. The molecule has 0 unspecified atom stereocenters. The van der Waals surface area contributed by atoms with E-state index in [9.17, 15) is 9.59 Å². The lowest BCUT2D eigenvalue weighted by molar-refractivity contribution is -0.132. The zero-order chi connectivity index (χ0) is 15.4. The maximum atomic E-state index is 11.8.